The summed E-state index contributed by atoms with van der Waals surface area (Å²) in [6, 6.07) is 0.203. The van der Waals surface area contributed by atoms with E-state index in [-0.39, 0.29) is 11.2 Å². The molecule has 1 aliphatic heterocycles. The molecular weight excluding hydrogens is 142 g/mol. The predicted octanol–water partition coefficient (Wildman–Crippen LogP) is 0.699. The van der Waals surface area contributed by atoms with E-state index in [9.17, 15) is 5.21 Å². The molecule has 1 aliphatic rings. The molecule has 1 heterocycles. The Morgan fingerprint density at radius 2 is 2.36 bits per heavy atom. The highest BCUT2D eigenvalue weighted by molar-refractivity contribution is 4.64. The van der Waals surface area contributed by atoms with Crippen LogP contribution in [0.1, 0.15) is 32.6 Å². The van der Waals surface area contributed by atoms with Crippen LogP contribution in [0.2, 0.25) is 0 Å². The number of hydrogen-bond acceptors (Lipinski definition) is 3. The minimum absolute atomic E-state index is 0.0495. The van der Waals surface area contributed by atoms with Gasteiger partial charge in [-0.05, 0) is 6.42 Å². The lowest BCUT2D eigenvalue weighted by Crippen LogP contribution is -3.01. The van der Waals surface area contributed by atoms with Gasteiger partial charge in [0, 0.05) is 5.22 Å². The largest absolute Gasteiger partial charge is 0.605 e. The van der Waals surface area contributed by atoms with E-state index >= 15 is 0 Å². The SMILES string of the molecule is CCCCCC1C[NH+]([O-])N=N1. The first-order valence-electron chi connectivity index (χ1n) is 4.26. The Balaban J connectivity index is 2.05. The lowest BCUT2D eigenvalue weighted by Gasteiger charge is -2.07. The summed E-state index contributed by atoms with van der Waals surface area (Å²) in [5.41, 5.74) is 0. The van der Waals surface area contributed by atoms with Crippen LogP contribution in [0.5, 0.6) is 0 Å². The molecule has 0 fully saturated rings. The molecule has 0 amide bonds. The average Bonchev–Trinajstić information content (AvgIpc) is 2.37. The fourth-order valence-corrected chi connectivity index (χ4v) is 1.22. The maximum absolute atomic E-state index is 10.6. The highest BCUT2D eigenvalue weighted by atomic mass is 16.5. The van der Waals surface area contributed by atoms with E-state index in [0.717, 1.165) is 6.42 Å². The molecule has 64 valence electrons. The Morgan fingerprint density at radius 1 is 1.55 bits per heavy atom. The number of hydroxylamine groups is 1. The van der Waals surface area contributed by atoms with Gasteiger partial charge in [-0.3, -0.25) is 0 Å². The molecule has 4 heteroatoms. The summed E-state index contributed by atoms with van der Waals surface area (Å²) in [6.45, 7) is 2.71. The lowest BCUT2D eigenvalue weighted by molar-refractivity contribution is -0.850. The quantitative estimate of drug-likeness (QED) is 0.474. The fourth-order valence-electron chi connectivity index (χ4n) is 1.22. The van der Waals surface area contributed by atoms with Crippen molar-refractivity contribution in [2.24, 2.45) is 10.3 Å². The van der Waals surface area contributed by atoms with E-state index in [4.69, 9.17) is 0 Å². The van der Waals surface area contributed by atoms with Crippen molar-refractivity contribution in [1.29, 1.82) is 0 Å². The molecule has 1 N–H and O–H groups in total. The van der Waals surface area contributed by atoms with Crippen LogP contribution in [0, 0.1) is 5.21 Å². The summed E-state index contributed by atoms with van der Waals surface area (Å²) in [5.74, 6) is 0. The van der Waals surface area contributed by atoms with Crippen molar-refractivity contribution in [1.82, 2.24) is 0 Å². The van der Waals surface area contributed by atoms with Crippen molar-refractivity contribution in [2.75, 3.05) is 6.54 Å². The molecule has 0 spiro atoms. The summed E-state index contributed by atoms with van der Waals surface area (Å²) in [7, 11) is 0. The molecule has 0 saturated carbocycles. The van der Waals surface area contributed by atoms with Gasteiger partial charge in [-0.1, -0.05) is 26.2 Å². The van der Waals surface area contributed by atoms with Gasteiger partial charge in [-0.25, -0.2) is 5.17 Å². The van der Waals surface area contributed by atoms with Gasteiger partial charge in [0.1, 0.15) is 12.6 Å². The standard InChI is InChI=1S/C7H15N3O/c1-2-3-4-5-7-6-10(11)9-8-7/h7,10H,2-6H2,1H3. The van der Waals surface area contributed by atoms with E-state index in [2.05, 4.69) is 17.3 Å². The highest BCUT2D eigenvalue weighted by Gasteiger charge is 2.17. The molecule has 0 saturated heterocycles. The molecule has 0 bridgehead atoms. The summed E-state index contributed by atoms with van der Waals surface area (Å²) in [5, 5.41) is 17.9. The Morgan fingerprint density at radius 3 is 2.91 bits per heavy atom. The molecule has 11 heavy (non-hydrogen) atoms. The molecule has 0 aliphatic carbocycles. The second kappa shape index (κ2) is 4.41. The maximum atomic E-state index is 10.6. The van der Waals surface area contributed by atoms with E-state index in [1.54, 1.807) is 0 Å². The number of nitrogens with one attached hydrogen (secondary N) is 1. The van der Waals surface area contributed by atoms with Gasteiger partial charge < -0.3 is 5.21 Å². The number of rotatable bonds is 4. The molecule has 0 aromatic rings. The Labute approximate surface area is 66.8 Å². The van der Waals surface area contributed by atoms with Crippen LogP contribution >= 0.6 is 0 Å². The topological polar surface area (TPSA) is 52.2 Å². The predicted molar refractivity (Wildman–Crippen MR) is 42.0 cm³/mol. The van der Waals surface area contributed by atoms with Crippen LogP contribution in [0.25, 0.3) is 0 Å². The third-order valence-electron chi connectivity index (χ3n) is 1.88. The van der Waals surface area contributed by atoms with Crippen LogP contribution in [0.4, 0.5) is 0 Å². The minimum Gasteiger partial charge on any atom is -0.605 e. The summed E-state index contributed by atoms with van der Waals surface area (Å²) < 4.78 is 0. The molecule has 0 aromatic heterocycles. The Bertz CT molecular complexity index is 138. The van der Waals surface area contributed by atoms with Gasteiger partial charge in [0.15, 0.2) is 0 Å². The van der Waals surface area contributed by atoms with E-state index in [1.807, 2.05) is 0 Å². The normalized spacial score (nSPS) is 29.6. The molecular formula is C7H15N3O. The third kappa shape index (κ3) is 2.95. The van der Waals surface area contributed by atoms with Gasteiger partial charge in [0.25, 0.3) is 0 Å². The highest BCUT2D eigenvalue weighted by Crippen LogP contribution is 2.06. The molecule has 2 atom stereocenters. The van der Waals surface area contributed by atoms with Crippen molar-refractivity contribution >= 4 is 0 Å². The van der Waals surface area contributed by atoms with Crippen LogP contribution in [-0.4, -0.2) is 12.6 Å². The zero-order valence-corrected chi connectivity index (χ0v) is 6.92. The number of hydrogen-bond donors (Lipinski definition) is 1. The van der Waals surface area contributed by atoms with Gasteiger partial charge in [-0.2, -0.15) is 0 Å². The average molecular weight is 157 g/mol. The summed E-state index contributed by atoms with van der Waals surface area (Å²) >= 11 is 0. The maximum Gasteiger partial charge on any atom is 0.128 e. The first-order chi connectivity index (χ1) is 5.33. The van der Waals surface area contributed by atoms with Gasteiger partial charge in [0.05, 0.1) is 0 Å². The lowest BCUT2D eigenvalue weighted by atomic mass is 10.1. The smallest absolute Gasteiger partial charge is 0.128 e. The van der Waals surface area contributed by atoms with Crippen LogP contribution in [0.15, 0.2) is 10.3 Å². The zero-order valence-electron chi connectivity index (χ0n) is 6.92. The summed E-state index contributed by atoms with van der Waals surface area (Å²) in [4.78, 5) is 0. The first-order valence-corrected chi connectivity index (χ1v) is 4.26. The van der Waals surface area contributed by atoms with E-state index in [0.29, 0.717) is 6.54 Å². The van der Waals surface area contributed by atoms with Crippen molar-refractivity contribution in [3.05, 3.63) is 5.21 Å². The van der Waals surface area contributed by atoms with Crippen LogP contribution in [-0.2, 0) is 0 Å². The van der Waals surface area contributed by atoms with E-state index < -0.39 is 0 Å². The monoisotopic (exact) mass is 157 g/mol. The van der Waals surface area contributed by atoms with Gasteiger partial charge >= 0.3 is 0 Å². The first kappa shape index (κ1) is 8.62. The molecule has 0 radical (unpaired) electrons. The number of quaternary nitrogens is 1. The summed E-state index contributed by atoms with van der Waals surface area (Å²) in [6.07, 6.45) is 4.66. The van der Waals surface area contributed by atoms with Crippen LogP contribution < -0.4 is 5.17 Å². The van der Waals surface area contributed by atoms with Crippen molar-refractivity contribution in [3.63, 3.8) is 0 Å². The molecule has 1 rings (SSSR count). The van der Waals surface area contributed by atoms with Crippen molar-refractivity contribution < 1.29 is 5.17 Å². The minimum atomic E-state index is -0.0495. The van der Waals surface area contributed by atoms with Gasteiger partial charge in [-0.15, -0.1) is 5.11 Å². The van der Waals surface area contributed by atoms with Crippen molar-refractivity contribution in [3.8, 4) is 0 Å². The second-order valence-corrected chi connectivity index (χ2v) is 2.96. The van der Waals surface area contributed by atoms with Crippen LogP contribution in [0.3, 0.4) is 0 Å². The van der Waals surface area contributed by atoms with E-state index in [1.165, 1.54) is 19.3 Å². The fraction of sp³-hybridized carbons (Fsp3) is 1.00. The Hall–Kier alpha value is -0.480. The Kier molecular flexibility index (Phi) is 3.45. The molecule has 4 nitrogen and oxygen atoms in total. The number of unbranched alkanes of at least 4 members (excludes halogenated alkanes) is 2. The van der Waals surface area contributed by atoms with Crippen molar-refractivity contribution in [2.45, 2.75) is 38.6 Å². The molecule has 0 aromatic carbocycles. The second-order valence-electron chi connectivity index (χ2n) is 2.96. The molecule has 2 unspecified atom stereocenters. The number of nitrogens with zero attached hydrogens (tertiary/aromatic N) is 2. The zero-order chi connectivity index (χ0) is 8.10. The third-order valence-corrected chi connectivity index (χ3v) is 1.88. The van der Waals surface area contributed by atoms with Gasteiger partial charge in [0.2, 0.25) is 0 Å².